The number of anilines is 2. The number of thiophene rings is 2. The monoisotopic (exact) mass is 491 g/mol. The molecular formula is C27H25NO4S2. The molecule has 34 heavy (non-hydrogen) atoms. The van der Waals surface area contributed by atoms with Crippen molar-refractivity contribution < 1.29 is 19.4 Å². The summed E-state index contributed by atoms with van der Waals surface area (Å²) in [5.74, 6) is 0.928. The lowest BCUT2D eigenvalue weighted by molar-refractivity contribution is -0.151. The summed E-state index contributed by atoms with van der Waals surface area (Å²) < 4.78 is 11.7. The predicted octanol–water partition coefficient (Wildman–Crippen LogP) is 6.90. The largest absolute Gasteiger partial charge is 0.479 e. The number of hydrogen-bond acceptors (Lipinski definition) is 6. The van der Waals surface area contributed by atoms with E-state index in [0.717, 1.165) is 42.0 Å². The lowest BCUT2D eigenvalue weighted by Crippen LogP contribution is -2.26. The van der Waals surface area contributed by atoms with Gasteiger partial charge >= 0.3 is 5.97 Å². The predicted molar refractivity (Wildman–Crippen MR) is 137 cm³/mol. The molecule has 1 unspecified atom stereocenters. The molecule has 0 radical (unpaired) electrons. The third kappa shape index (κ3) is 5.17. The first-order valence-corrected chi connectivity index (χ1v) is 13.0. The molecule has 0 spiro atoms. The maximum Gasteiger partial charge on any atom is 0.333 e. The van der Waals surface area contributed by atoms with Crippen LogP contribution in [0.5, 0.6) is 11.5 Å². The molecule has 4 aromatic rings. The van der Waals surface area contributed by atoms with Crippen molar-refractivity contribution in [3.05, 3.63) is 94.2 Å². The van der Waals surface area contributed by atoms with Crippen LogP contribution in [0.25, 0.3) is 0 Å². The standard InChI is InChI=1S/C27H25NO4S2/c29-27(30)24(31-18-21-5-2-1-3-6-21)17-20-10-8-19(9-11-20)7-4-14-28-25-22(12-15-33-25)32-23-13-16-34-26(23)28/h1-3,5-6,8-13,15-16,24H,4,7,14,17-18H2,(H,29,30). The number of benzene rings is 2. The number of carboxylic acid groups (broad SMARTS) is 1. The fourth-order valence-electron chi connectivity index (χ4n) is 4.03. The Morgan fingerprint density at radius 3 is 2.18 bits per heavy atom. The zero-order valence-electron chi connectivity index (χ0n) is 18.6. The normalized spacial score (nSPS) is 13.1. The fraction of sp³-hybridized carbons (Fsp3) is 0.222. The number of aliphatic carboxylic acids is 1. The second-order valence-corrected chi connectivity index (χ2v) is 9.97. The Morgan fingerprint density at radius 2 is 1.53 bits per heavy atom. The zero-order chi connectivity index (χ0) is 23.3. The minimum absolute atomic E-state index is 0.287. The Labute approximate surface area is 206 Å². The van der Waals surface area contributed by atoms with Crippen LogP contribution in [0.2, 0.25) is 0 Å². The maximum absolute atomic E-state index is 11.7. The van der Waals surface area contributed by atoms with Gasteiger partial charge in [-0.2, -0.15) is 0 Å². The van der Waals surface area contributed by atoms with Crippen LogP contribution in [0, 0.1) is 0 Å². The van der Waals surface area contributed by atoms with E-state index in [0.29, 0.717) is 6.42 Å². The van der Waals surface area contributed by atoms with E-state index < -0.39 is 12.1 Å². The van der Waals surface area contributed by atoms with Crippen molar-refractivity contribution >= 4 is 38.6 Å². The minimum Gasteiger partial charge on any atom is -0.479 e. The summed E-state index contributed by atoms with van der Waals surface area (Å²) in [5, 5.41) is 16.1. The van der Waals surface area contributed by atoms with Gasteiger partial charge in [0.05, 0.1) is 6.61 Å². The molecule has 3 heterocycles. The van der Waals surface area contributed by atoms with Gasteiger partial charge in [0.25, 0.3) is 0 Å². The number of hydrogen-bond donors (Lipinski definition) is 1. The van der Waals surface area contributed by atoms with Crippen molar-refractivity contribution in [2.24, 2.45) is 0 Å². The number of aryl methyl sites for hydroxylation is 1. The van der Waals surface area contributed by atoms with E-state index in [-0.39, 0.29) is 6.61 Å². The highest BCUT2D eigenvalue weighted by atomic mass is 32.1. The topological polar surface area (TPSA) is 59.0 Å². The minimum atomic E-state index is -0.939. The summed E-state index contributed by atoms with van der Waals surface area (Å²) in [7, 11) is 0. The summed E-state index contributed by atoms with van der Waals surface area (Å²) in [4.78, 5) is 14.0. The first-order valence-electron chi connectivity index (χ1n) is 11.2. The Kier molecular flexibility index (Phi) is 6.94. The van der Waals surface area contributed by atoms with E-state index in [9.17, 15) is 9.90 Å². The first-order chi connectivity index (χ1) is 16.7. The zero-order valence-corrected chi connectivity index (χ0v) is 20.2. The molecule has 0 saturated heterocycles. The third-order valence-corrected chi connectivity index (χ3v) is 7.62. The van der Waals surface area contributed by atoms with E-state index in [2.05, 4.69) is 27.8 Å². The molecule has 0 aliphatic carbocycles. The summed E-state index contributed by atoms with van der Waals surface area (Å²) in [6.45, 7) is 1.20. The van der Waals surface area contributed by atoms with Gasteiger partial charge in [-0.05, 0) is 52.4 Å². The number of carboxylic acids is 1. The van der Waals surface area contributed by atoms with Crippen molar-refractivity contribution in [2.45, 2.75) is 32.0 Å². The fourth-order valence-corrected chi connectivity index (χ4v) is 5.80. The van der Waals surface area contributed by atoms with Gasteiger partial charge in [-0.25, -0.2) is 4.79 Å². The highest BCUT2D eigenvalue weighted by Crippen LogP contribution is 2.51. The van der Waals surface area contributed by atoms with Crippen LogP contribution in [0.15, 0.2) is 77.5 Å². The first kappa shape index (κ1) is 22.7. The number of ether oxygens (including phenoxy) is 2. The molecule has 1 N–H and O–H groups in total. The third-order valence-electron chi connectivity index (χ3n) is 5.79. The SMILES string of the molecule is O=C(O)C(Cc1ccc(CCCN2c3sccc3Oc3ccsc32)cc1)OCc1ccccc1. The van der Waals surface area contributed by atoms with Gasteiger partial charge in [0.2, 0.25) is 0 Å². The molecule has 7 heteroatoms. The van der Waals surface area contributed by atoms with Crippen molar-refractivity contribution in [3.63, 3.8) is 0 Å². The van der Waals surface area contributed by atoms with E-state index in [1.54, 1.807) is 22.7 Å². The van der Waals surface area contributed by atoms with Gasteiger partial charge in [-0.1, -0.05) is 54.6 Å². The number of carbonyl (C=O) groups is 1. The molecule has 0 bridgehead atoms. The van der Waals surface area contributed by atoms with Gasteiger partial charge in [-0.15, -0.1) is 22.7 Å². The highest BCUT2D eigenvalue weighted by molar-refractivity contribution is 7.17. The van der Waals surface area contributed by atoms with Crippen LogP contribution in [-0.2, 0) is 29.0 Å². The van der Waals surface area contributed by atoms with Crippen LogP contribution >= 0.6 is 22.7 Å². The lowest BCUT2D eigenvalue weighted by Gasteiger charge is -2.28. The molecule has 2 aromatic carbocycles. The molecule has 5 rings (SSSR count). The van der Waals surface area contributed by atoms with E-state index in [1.165, 1.54) is 15.6 Å². The average Bonchev–Trinajstić information content (AvgIpc) is 3.52. The molecule has 5 nitrogen and oxygen atoms in total. The molecule has 1 aliphatic rings. The van der Waals surface area contributed by atoms with Gasteiger partial charge in [-0.3, -0.25) is 0 Å². The average molecular weight is 492 g/mol. The Morgan fingerprint density at radius 1 is 0.882 bits per heavy atom. The van der Waals surface area contributed by atoms with Crippen LogP contribution < -0.4 is 9.64 Å². The van der Waals surface area contributed by atoms with Gasteiger partial charge in [0.15, 0.2) is 17.6 Å². The molecule has 2 aromatic heterocycles. The number of nitrogens with zero attached hydrogens (tertiary/aromatic N) is 1. The van der Waals surface area contributed by atoms with Gasteiger partial charge in [0, 0.05) is 13.0 Å². The van der Waals surface area contributed by atoms with Crippen LogP contribution in [0.3, 0.4) is 0 Å². The summed E-state index contributed by atoms with van der Waals surface area (Å²) in [5.41, 5.74) is 3.17. The smallest absolute Gasteiger partial charge is 0.333 e. The Hall–Kier alpha value is -3.13. The molecule has 1 atom stereocenters. The van der Waals surface area contributed by atoms with Crippen molar-refractivity contribution in [3.8, 4) is 11.5 Å². The van der Waals surface area contributed by atoms with Crippen molar-refractivity contribution in [1.82, 2.24) is 0 Å². The quantitative estimate of drug-likeness (QED) is 0.261. The van der Waals surface area contributed by atoms with Crippen LogP contribution in [0.1, 0.15) is 23.1 Å². The molecule has 174 valence electrons. The van der Waals surface area contributed by atoms with E-state index in [4.69, 9.17) is 9.47 Å². The molecule has 1 aliphatic heterocycles. The number of fused-ring (bicyclic) bond motifs is 2. The Balaban J connectivity index is 1.15. The van der Waals surface area contributed by atoms with Crippen LogP contribution in [-0.4, -0.2) is 23.7 Å². The summed E-state index contributed by atoms with van der Waals surface area (Å²) >= 11 is 3.41. The van der Waals surface area contributed by atoms with E-state index >= 15 is 0 Å². The Bertz CT molecular complexity index is 1190. The van der Waals surface area contributed by atoms with Crippen LogP contribution in [0.4, 0.5) is 10.0 Å². The van der Waals surface area contributed by atoms with Gasteiger partial charge in [0.1, 0.15) is 10.0 Å². The molecule has 0 fully saturated rings. The second-order valence-electron chi connectivity index (χ2n) is 8.18. The van der Waals surface area contributed by atoms with E-state index in [1.807, 2.05) is 54.6 Å². The molecular weight excluding hydrogens is 466 g/mol. The summed E-state index contributed by atoms with van der Waals surface area (Å²) in [6, 6.07) is 21.9. The van der Waals surface area contributed by atoms with Crippen molar-refractivity contribution in [1.29, 1.82) is 0 Å². The highest BCUT2D eigenvalue weighted by Gasteiger charge is 2.26. The van der Waals surface area contributed by atoms with Crippen molar-refractivity contribution in [2.75, 3.05) is 11.4 Å². The number of rotatable bonds is 10. The lowest BCUT2D eigenvalue weighted by atomic mass is 10.0. The second kappa shape index (κ2) is 10.4. The maximum atomic E-state index is 11.7. The molecule has 0 amide bonds. The summed E-state index contributed by atoms with van der Waals surface area (Å²) in [6.07, 6.45) is 1.43. The van der Waals surface area contributed by atoms with Gasteiger partial charge < -0.3 is 19.5 Å². The molecule has 0 saturated carbocycles.